The smallest absolute Gasteiger partial charge is 0.407 e. The van der Waals surface area contributed by atoms with Gasteiger partial charge in [-0.05, 0) is 28.7 Å². The topological polar surface area (TPSA) is 501 Å². The van der Waals surface area contributed by atoms with Gasteiger partial charge in [-0.25, -0.2) is 38.4 Å². The van der Waals surface area contributed by atoms with Crippen LogP contribution in [0, 0.1) is 0 Å². The molecule has 4 amide bonds. The van der Waals surface area contributed by atoms with Crippen LogP contribution in [0.5, 0.6) is 0 Å². The van der Waals surface area contributed by atoms with Gasteiger partial charge in [0, 0.05) is 20.8 Å². The van der Waals surface area contributed by atoms with Gasteiger partial charge in [-0.2, -0.15) is 0 Å². The van der Waals surface area contributed by atoms with Crippen molar-refractivity contribution in [2.45, 2.75) is 263 Å². The van der Waals surface area contributed by atoms with E-state index in [-0.39, 0.29) is 33.0 Å². The minimum Gasteiger partial charge on any atom is -0.465 e. The zero-order valence-corrected chi connectivity index (χ0v) is 76.2. The van der Waals surface area contributed by atoms with Crippen LogP contribution in [-0.4, -0.2) is 296 Å². The number of alkyl halides is 2. The van der Waals surface area contributed by atoms with Gasteiger partial charge in [-0.3, -0.25) is 24.0 Å². The van der Waals surface area contributed by atoms with Crippen molar-refractivity contribution in [2.75, 3.05) is 73.2 Å². The average Bonchev–Trinajstić information content (AvgIpc) is 1.46. The van der Waals surface area contributed by atoms with Gasteiger partial charge in [0.15, 0.2) is 30.5 Å². The molecule has 8 aliphatic heterocycles. The summed E-state index contributed by atoms with van der Waals surface area (Å²) in [5, 5.41) is 10.6. The SMILES string of the molecule is CCCCCCCCO[C@]1(C(=O)OC)C[C@@H]2OC(=O)N[C@H]2[C@H]([C@H](OC(C)=O)[C@@H](COCc2ccccc2)O[C@]2(C(=O)OC)C[C@@H]3OC(=O)N[C@H]3[C@H]([C@H](OC(C)=O)[C@@H](COCc3ccccc3)O[C@]3(C(=O)OC)C[C@@H]4OC(=O)N[C@H]4[C@H]([C@H](OC(C)=O)[C@@H](COCc4ccccc4)O[C@]4(C(=O)OC)C[C@@H]5OC(=O)N[C@H]5[C@H]([C@H](OC(=O)CCl)[C@@H](COCc5ccccc5)OC(=O)CCl)O4)O3)O2)O1. The Balaban J connectivity index is 0.978. The Morgan fingerprint density at radius 2 is 0.619 bits per heavy atom. The Morgan fingerprint density at radius 3 is 0.910 bits per heavy atom. The van der Waals surface area contributed by atoms with E-state index in [1.165, 1.54) is 0 Å². The molecule has 42 nitrogen and oxygen atoms in total. The Bertz CT molecular complexity index is 4670. The first-order chi connectivity index (χ1) is 64.5. The molecule has 12 rings (SSSR count). The molecule has 8 aliphatic rings. The number of nitrogens with one attached hydrogen (secondary N) is 4. The van der Waals surface area contributed by atoms with Crippen LogP contribution in [0.4, 0.5) is 19.2 Å². The molecular formula is C90H110Cl2N4O38. The van der Waals surface area contributed by atoms with E-state index in [4.69, 9.17) is 142 Å². The van der Waals surface area contributed by atoms with Gasteiger partial charge < -0.3 is 140 Å². The second-order valence-electron chi connectivity index (χ2n) is 32.6. The molecule has 732 valence electrons. The molecule has 0 aromatic heterocycles. The Morgan fingerprint density at radius 1 is 0.358 bits per heavy atom. The molecule has 0 unspecified atom stereocenters. The number of carbonyl (C=O) groups excluding carboxylic acids is 13. The molecule has 4 aromatic rings. The highest BCUT2D eigenvalue weighted by atomic mass is 35.5. The molecule has 4 aromatic carbocycles. The molecule has 8 heterocycles. The average molecular weight is 1930 g/mol. The van der Waals surface area contributed by atoms with E-state index >= 15 is 14.4 Å². The molecule has 24 atom stereocenters. The number of esters is 9. The van der Waals surface area contributed by atoms with Gasteiger partial charge in [-0.1, -0.05) is 160 Å². The lowest BCUT2D eigenvalue weighted by Gasteiger charge is -2.50. The van der Waals surface area contributed by atoms with Crippen molar-refractivity contribution in [3.63, 3.8) is 0 Å². The lowest BCUT2D eigenvalue weighted by atomic mass is 9.87. The van der Waals surface area contributed by atoms with Gasteiger partial charge in [0.05, 0.1) is 138 Å². The zero-order valence-electron chi connectivity index (χ0n) is 74.7. The summed E-state index contributed by atoms with van der Waals surface area (Å²) in [7, 11) is 3.81. The molecule has 0 spiro atoms. The number of unbranched alkanes of at least 4 members (excludes halogenated alkanes) is 5. The number of methoxy groups -OCH3 is 4. The lowest BCUT2D eigenvalue weighted by Crippen LogP contribution is -2.71. The predicted molar refractivity (Wildman–Crippen MR) is 452 cm³/mol. The van der Waals surface area contributed by atoms with E-state index < -0.39 is 287 Å². The normalized spacial score (nSPS) is 28.2. The van der Waals surface area contributed by atoms with E-state index in [0.717, 1.165) is 74.9 Å². The molecule has 8 fully saturated rings. The summed E-state index contributed by atoms with van der Waals surface area (Å²) in [5.41, 5.74) is 2.23. The minimum atomic E-state index is -3.17. The predicted octanol–water partition coefficient (Wildman–Crippen LogP) is 6.02. The Labute approximate surface area is 779 Å². The van der Waals surface area contributed by atoms with E-state index in [0.29, 0.717) is 35.1 Å². The van der Waals surface area contributed by atoms with Crippen LogP contribution in [-0.2, 0) is 188 Å². The molecule has 134 heavy (non-hydrogen) atoms. The Kier molecular flexibility index (Phi) is 36.4. The molecule has 44 heteroatoms. The van der Waals surface area contributed by atoms with Crippen molar-refractivity contribution in [1.29, 1.82) is 0 Å². The second kappa shape index (κ2) is 47.7. The highest BCUT2D eigenvalue weighted by Crippen LogP contribution is 2.48. The zero-order chi connectivity index (χ0) is 95.9. The fourth-order valence-electron chi connectivity index (χ4n) is 17.4. The van der Waals surface area contributed by atoms with E-state index in [1.54, 1.807) is 121 Å². The quantitative estimate of drug-likeness (QED) is 0.0170. The summed E-state index contributed by atoms with van der Waals surface area (Å²) in [6, 6.07) is 28.1. The summed E-state index contributed by atoms with van der Waals surface area (Å²) in [6.07, 6.45) is -33.6. The number of fused-ring (bicyclic) bond motifs is 4. The third kappa shape index (κ3) is 25.5. The maximum Gasteiger partial charge on any atom is 0.407 e. The number of hydrogen-bond donors (Lipinski definition) is 4. The molecular weight excluding hydrogens is 1820 g/mol. The summed E-state index contributed by atoms with van der Waals surface area (Å²) in [5.74, 6) is -24.5. The van der Waals surface area contributed by atoms with Crippen LogP contribution in [0.2, 0.25) is 0 Å². The van der Waals surface area contributed by atoms with Crippen LogP contribution in [0.15, 0.2) is 121 Å². The highest BCUT2D eigenvalue weighted by Gasteiger charge is 2.69. The molecule has 0 radical (unpaired) electrons. The maximum atomic E-state index is 15.8. The van der Waals surface area contributed by atoms with Crippen molar-refractivity contribution in [2.24, 2.45) is 0 Å². The summed E-state index contributed by atoms with van der Waals surface area (Å²) < 4.78 is 157. The van der Waals surface area contributed by atoms with Gasteiger partial charge in [-0.15, -0.1) is 23.2 Å². The Hall–Kier alpha value is -10.7. The second-order valence-corrected chi connectivity index (χ2v) is 33.2. The van der Waals surface area contributed by atoms with E-state index in [9.17, 15) is 47.9 Å². The standard InChI is InChI=1S/C90H110Cl2N4O38/c1-9-10-11-12-13-26-35-118-87(79(102)110-5)36-57-67(93-83(106)123-57)76(131-87)72(119-50(2)97)62(47-115-43-54-29-20-15-21-30-54)128-89(81(104)112-7)38-59-69(95-85(108)125-59)78(133-89)74(121-52(4)99)64(49-117-45-56-33-24-17-25-34-56)130-90(82(105)113-8)39-60-70(96-86(109)126-60)77(134-90)73(120-51(3)98)63(48-116-44-55-31-22-16-23-32-55)129-88(80(103)111-6)37-58-68(94-84(107)124-58)75(132-88)71(127-66(101)41-92)61(122-65(100)40-91)46-114-42-53-27-18-14-19-28-53/h14-25,27-34,57-64,67-78H,9-13,26,35-49H2,1-8H3,(H,93,106)(H,94,107)(H,95,108)(H,96,109)/t57-,58-,59-,60-,61+,62+,63+,64+,67+,68+,69+,70+,71+,72+,73+,74+,75+,76+,77+,78+,87+,88+,89+,90+/m0/s1. The molecule has 0 saturated carbocycles. The fourth-order valence-corrected chi connectivity index (χ4v) is 17.5. The van der Waals surface area contributed by atoms with E-state index in [2.05, 4.69) is 28.2 Å². The van der Waals surface area contributed by atoms with E-state index in [1.807, 2.05) is 0 Å². The van der Waals surface area contributed by atoms with Crippen LogP contribution < -0.4 is 21.3 Å². The first-order valence-electron chi connectivity index (χ1n) is 43.6. The number of benzene rings is 4. The summed E-state index contributed by atoms with van der Waals surface area (Å²) in [4.78, 5) is 187. The van der Waals surface area contributed by atoms with Gasteiger partial charge in [0.1, 0.15) is 78.9 Å². The van der Waals surface area contributed by atoms with Crippen LogP contribution in [0.3, 0.4) is 0 Å². The van der Waals surface area contributed by atoms with Crippen molar-refractivity contribution in [3.8, 4) is 0 Å². The molecule has 8 saturated heterocycles. The first-order valence-corrected chi connectivity index (χ1v) is 44.7. The third-order valence-corrected chi connectivity index (χ3v) is 23.7. The monoisotopic (exact) mass is 1920 g/mol. The molecule has 0 bridgehead atoms. The highest BCUT2D eigenvalue weighted by molar-refractivity contribution is 6.26. The van der Waals surface area contributed by atoms with Crippen molar-refractivity contribution < 1.29 is 181 Å². The number of ether oxygens (including phenoxy) is 25. The number of halogens is 2. The van der Waals surface area contributed by atoms with Crippen molar-refractivity contribution >= 4 is 101 Å². The maximum absolute atomic E-state index is 15.8. The lowest BCUT2D eigenvalue weighted by molar-refractivity contribution is -0.360. The molecule has 0 aliphatic carbocycles. The number of alkyl carbamates (subject to hydrolysis) is 4. The number of rotatable bonds is 49. The number of amides is 4. The fraction of sp³-hybridized carbons (Fsp3) is 0.589. The summed E-state index contributed by atoms with van der Waals surface area (Å²) in [6.45, 7) is 0.766. The minimum absolute atomic E-state index is 0.105. The number of hydrogen-bond acceptors (Lipinski definition) is 38. The third-order valence-electron chi connectivity index (χ3n) is 23.2. The van der Waals surface area contributed by atoms with Crippen LogP contribution in [0.25, 0.3) is 0 Å². The van der Waals surface area contributed by atoms with Crippen molar-refractivity contribution in [1.82, 2.24) is 21.3 Å². The van der Waals surface area contributed by atoms with Gasteiger partial charge in [0.25, 0.3) is 23.1 Å². The van der Waals surface area contributed by atoms with Crippen molar-refractivity contribution in [3.05, 3.63) is 144 Å². The van der Waals surface area contributed by atoms with Crippen LogP contribution in [0.1, 0.15) is 114 Å². The first kappa shape index (κ1) is 102. The van der Waals surface area contributed by atoms with Gasteiger partial charge in [0.2, 0.25) is 0 Å². The van der Waals surface area contributed by atoms with Gasteiger partial charge >= 0.3 is 78.1 Å². The molecule has 4 N–H and O–H groups in total. The summed E-state index contributed by atoms with van der Waals surface area (Å²) >= 11 is 12.2. The van der Waals surface area contributed by atoms with Crippen LogP contribution >= 0.6 is 23.2 Å². The largest absolute Gasteiger partial charge is 0.465 e. The number of carbonyl (C=O) groups is 13.